The Hall–Kier alpha value is 0.940. The van der Waals surface area contributed by atoms with Crippen molar-refractivity contribution in [1.82, 2.24) is 0 Å². The van der Waals surface area contributed by atoms with E-state index < -0.39 is 11.8 Å². The smallest absolute Gasteiger partial charge is 0.862 e. The van der Waals surface area contributed by atoms with Gasteiger partial charge >= 0.3 is 59.1 Å². The number of unbranched alkanes of at least 4 members (excludes halogenated alkanes) is 5. The Balaban J connectivity index is -0.000000845. The van der Waals surface area contributed by atoms with Crippen LogP contribution in [0, 0.1) is 10.8 Å². The summed E-state index contributed by atoms with van der Waals surface area (Å²) in [6.45, 7) is 0. The quantitative estimate of drug-likeness (QED) is 0.184. The van der Waals surface area contributed by atoms with Crippen LogP contribution in [-0.2, 0) is 0 Å². The van der Waals surface area contributed by atoms with Crippen molar-refractivity contribution in [2.24, 2.45) is 0 Å². The van der Waals surface area contributed by atoms with E-state index in [1.54, 1.807) is 0 Å². The van der Waals surface area contributed by atoms with Gasteiger partial charge in [-0.1, -0.05) is 25.7 Å². The van der Waals surface area contributed by atoms with E-state index in [0.717, 1.165) is 38.5 Å². The van der Waals surface area contributed by atoms with E-state index in [9.17, 15) is 10.2 Å². The van der Waals surface area contributed by atoms with Crippen LogP contribution in [0.3, 0.4) is 0 Å². The van der Waals surface area contributed by atoms with Crippen LogP contribution in [0.1, 0.15) is 51.4 Å². The Bertz CT molecular complexity index is 170. The van der Waals surface area contributed by atoms with Crippen LogP contribution in [0.2, 0.25) is 0 Å². The molecule has 0 spiro atoms. The SMILES string of the molecule is N=C([O-])CCCCCCCCC(=N)[O-].[Na+].[Na+]. The van der Waals surface area contributed by atoms with Crippen LogP contribution in [0.15, 0.2) is 0 Å². The molecule has 2 N–H and O–H groups in total. The molecule has 0 aliphatic rings. The second-order valence-electron chi connectivity index (χ2n) is 3.47. The van der Waals surface area contributed by atoms with Crippen LogP contribution < -0.4 is 69.3 Å². The van der Waals surface area contributed by atoms with Gasteiger partial charge in [0.25, 0.3) is 0 Å². The first-order chi connectivity index (χ1) is 6.63. The molecule has 0 unspecified atom stereocenters. The fourth-order valence-electron chi connectivity index (χ4n) is 1.28. The standard InChI is InChI=1S/C10H20N2O2.2Na/c11-9(13)7-5-3-1-2-4-6-8-10(12)14;;/h1-8H2,(H2,11,13)(H2,12,14);;/q;2*+1/p-2. The van der Waals surface area contributed by atoms with Gasteiger partial charge in [0.05, 0.1) is 0 Å². The van der Waals surface area contributed by atoms with Crippen molar-refractivity contribution in [3.63, 3.8) is 0 Å². The van der Waals surface area contributed by atoms with Crippen LogP contribution in [0.4, 0.5) is 0 Å². The molecule has 0 radical (unpaired) electrons. The van der Waals surface area contributed by atoms with E-state index in [1.165, 1.54) is 0 Å². The van der Waals surface area contributed by atoms with Crippen molar-refractivity contribution < 1.29 is 69.3 Å². The van der Waals surface area contributed by atoms with E-state index in [0.29, 0.717) is 12.8 Å². The van der Waals surface area contributed by atoms with Crippen molar-refractivity contribution in [3.05, 3.63) is 0 Å². The minimum atomic E-state index is -0.482. The molecule has 0 aromatic heterocycles. The zero-order valence-corrected chi connectivity index (χ0v) is 14.5. The first kappa shape index (κ1) is 22.1. The van der Waals surface area contributed by atoms with Gasteiger partial charge in [-0.3, -0.25) is 0 Å². The van der Waals surface area contributed by atoms with Gasteiger partial charge in [-0.2, -0.15) is 0 Å². The summed E-state index contributed by atoms with van der Waals surface area (Å²) in [5.41, 5.74) is 0. The van der Waals surface area contributed by atoms with Crippen LogP contribution in [0.5, 0.6) is 0 Å². The topological polar surface area (TPSA) is 93.8 Å². The molecule has 0 fully saturated rings. The molecule has 0 bridgehead atoms. The van der Waals surface area contributed by atoms with Crippen molar-refractivity contribution >= 4 is 11.8 Å². The summed E-state index contributed by atoms with van der Waals surface area (Å²) in [6.07, 6.45) is 6.42. The summed E-state index contributed by atoms with van der Waals surface area (Å²) in [5, 5.41) is 33.9. The Morgan fingerprint density at radius 1 is 0.625 bits per heavy atom. The summed E-state index contributed by atoms with van der Waals surface area (Å²) >= 11 is 0. The fourth-order valence-corrected chi connectivity index (χ4v) is 1.28. The molecule has 0 saturated heterocycles. The second kappa shape index (κ2) is 15.9. The maximum atomic E-state index is 10.3. The Morgan fingerprint density at radius 3 is 1.12 bits per heavy atom. The van der Waals surface area contributed by atoms with Crippen LogP contribution >= 0.6 is 0 Å². The predicted octanol–water partition coefficient (Wildman–Crippen LogP) is -5.21. The second-order valence-corrected chi connectivity index (χ2v) is 3.47. The summed E-state index contributed by atoms with van der Waals surface area (Å²) in [4.78, 5) is 0. The Labute approximate surface area is 142 Å². The molecule has 0 aliphatic heterocycles. The average molecular weight is 244 g/mol. The molecule has 82 valence electrons. The van der Waals surface area contributed by atoms with Gasteiger partial charge in [-0.25, -0.2) is 0 Å². The first-order valence-electron chi connectivity index (χ1n) is 5.12. The minimum absolute atomic E-state index is 0. The maximum Gasteiger partial charge on any atom is 1.00 e. The van der Waals surface area contributed by atoms with E-state index in [2.05, 4.69) is 0 Å². The molecular formula is C10H18N2Na2O2. The summed E-state index contributed by atoms with van der Waals surface area (Å²) in [6, 6.07) is 0. The van der Waals surface area contributed by atoms with E-state index in [-0.39, 0.29) is 59.1 Å². The number of rotatable bonds is 9. The van der Waals surface area contributed by atoms with Gasteiger partial charge in [0.2, 0.25) is 0 Å². The number of hydrogen-bond donors (Lipinski definition) is 2. The van der Waals surface area contributed by atoms with Gasteiger partial charge in [0.1, 0.15) is 0 Å². The van der Waals surface area contributed by atoms with E-state index in [4.69, 9.17) is 10.8 Å². The third kappa shape index (κ3) is 20.4. The monoisotopic (exact) mass is 244 g/mol. The molecule has 0 amide bonds. The van der Waals surface area contributed by atoms with Crippen molar-refractivity contribution in [2.75, 3.05) is 0 Å². The molecule has 0 atom stereocenters. The molecule has 0 rings (SSSR count). The zero-order chi connectivity index (χ0) is 10.8. The molecule has 0 aliphatic carbocycles. The van der Waals surface area contributed by atoms with E-state index in [1.807, 2.05) is 0 Å². The Morgan fingerprint density at radius 2 is 0.875 bits per heavy atom. The van der Waals surface area contributed by atoms with Crippen LogP contribution in [0.25, 0.3) is 0 Å². The van der Waals surface area contributed by atoms with Gasteiger partial charge in [0, 0.05) is 0 Å². The normalized spacial score (nSPS) is 8.75. The molecule has 0 aromatic rings. The molecule has 0 saturated carbocycles. The van der Waals surface area contributed by atoms with Gasteiger partial charge in [-0.15, -0.1) is 0 Å². The molecule has 6 heteroatoms. The van der Waals surface area contributed by atoms with Crippen LogP contribution in [-0.4, -0.2) is 11.8 Å². The fraction of sp³-hybridized carbons (Fsp3) is 0.800. The molecule has 4 nitrogen and oxygen atoms in total. The summed E-state index contributed by atoms with van der Waals surface area (Å²) in [7, 11) is 0. The third-order valence-corrected chi connectivity index (χ3v) is 2.06. The number of hydrogen-bond acceptors (Lipinski definition) is 4. The van der Waals surface area contributed by atoms with E-state index >= 15 is 0 Å². The summed E-state index contributed by atoms with van der Waals surface area (Å²) in [5.74, 6) is -0.963. The zero-order valence-electron chi connectivity index (χ0n) is 10.5. The molecule has 16 heavy (non-hydrogen) atoms. The molecule has 0 heterocycles. The third-order valence-electron chi connectivity index (χ3n) is 2.06. The van der Waals surface area contributed by atoms with Gasteiger partial charge in [0.15, 0.2) is 0 Å². The van der Waals surface area contributed by atoms with Gasteiger partial charge in [-0.05, 0) is 37.5 Å². The first-order valence-corrected chi connectivity index (χ1v) is 5.12. The van der Waals surface area contributed by atoms with Crippen molar-refractivity contribution in [2.45, 2.75) is 51.4 Å². The Kier molecular flexibility index (Phi) is 22.1. The predicted molar refractivity (Wildman–Crippen MR) is 52.4 cm³/mol. The molecule has 0 aromatic carbocycles. The average Bonchev–Trinajstić information content (AvgIpc) is 2.08. The van der Waals surface area contributed by atoms with Crippen molar-refractivity contribution in [3.8, 4) is 0 Å². The maximum absolute atomic E-state index is 10.3. The number of nitrogens with one attached hydrogen (secondary N) is 2. The summed E-state index contributed by atoms with van der Waals surface area (Å²) < 4.78 is 0. The van der Waals surface area contributed by atoms with Crippen molar-refractivity contribution in [1.29, 1.82) is 10.8 Å². The minimum Gasteiger partial charge on any atom is -0.862 e. The van der Waals surface area contributed by atoms with Gasteiger partial charge < -0.3 is 21.0 Å². The largest absolute Gasteiger partial charge is 1.00 e. The molecular weight excluding hydrogens is 226 g/mol.